The molecule has 0 radical (unpaired) electrons. The third-order valence-corrected chi connectivity index (χ3v) is 7.16. The van der Waals surface area contributed by atoms with Crippen LogP contribution in [-0.4, -0.2) is 44.7 Å². The fourth-order valence-electron chi connectivity index (χ4n) is 4.42. The molecule has 1 aliphatic rings. The zero-order chi connectivity index (χ0) is 22.2. The second-order valence-electron chi connectivity index (χ2n) is 8.42. The maximum absolute atomic E-state index is 13.5. The molecule has 32 heavy (non-hydrogen) atoms. The zero-order valence-electron chi connectivity index (χ0n) is 18.7. The average molecular weight is 450 g/mol. The molecule has 4 heterocycles. The first-order valence-corrected chi connectivity index (χ1v) is 11.9. The topological polar surface area (TPSA) is 72.6 Å². The van der Waals surface area contributed by atoms with Crippen molar-refractivity contribution < 1.29 is 9.53 Å². The van der Waals surface area contributed by atoms with Crippen molar-refractivity contribution >= 4 is 38.2 Å². The Morgan fingerprint density at radius 1 is 1.25 bits per heavy atom. The maximum Gasteiger partial charge on any atom is 0.229 e. The third-order valence-electron chi connectivity index (χ3n) is 6.10. The molecule has 0 spiro atoms. The van der Waals surface area contributed by atoms with E-state index >= 15 is 0 Å². The molecule has 1 aliphatic heterocycles. The van der Waals surface area contributed by atoms with Crippen LogP contribution < -0.4 is 4.90 Å². The van der Waals surface area contributed by atoms with E-state index in [9.17, 15) is 4.79 Å². The fraction of sp³-hybridized carbons (Fsp3) is 0.417. The highest BCUT2D eigenvalue weighted by molar-refractivity contribution is 7.22. The number of para-hydroxylation sites is 1. The van der Waals surface area contributed by atoms with Crippen molar-refractivity contribution in [3.63, 3.8) is 0 Å². The molecule has 8 heteroatoms. The molecule has 1 fully saturated rings. The SMILES string of the molecule is Cc1cc2nc(C)c(CCC(=O)N(CC3CCCO3)c3nc4ccccc4s3)c(C)n2n1. The Morgan fingerprint density at radius 2 is 2.09 bits per heavy atom. The summed E-state index contributed by atoms with van der Waals surface area (Å²) in [6, 6.07) is 9.99. The highest BCUT2D eigenvalue weighted by Crippen LogP contribution is 2.30. The minimum Gasteiger partial charge on any atom is -0.376 e. The largest absolute Gasteiger partial charge is 0.376 e. The average Bonchev–Trinajstić information content (AvgIpc) is 3.50. The number of nitrogens with zero attached hydrogens (tertiary/aromatic N) is 5. The van der Waals surface area contributed by atoms with Crippen molar-refractivity contribution in [2.24, 2.45) is 0 Å². The second-order valence-corrected chi connectivity index (χ2v) is 9.43. The van der Waals surface area contributed by atoms with E-state index in [0.29, 0.717) is 19.4 Å². The van der Waals surface area contributed by atoms with Gasteiger partial charge in [-0.05, 0) is 57.7 Å². The molecule has 0 saturated carbocycles. The summed E-state index contributed by atoms with van der Waals surface area (Å²) in [5.41, 5.74) is 5.78. The minimum absolute atomic E-state index is 0.0649. The van der Waals surface area contributed by atoms with Crippen molar-refractivity contribution in [1.82, 2.24) is 19.6 Å². The smallest absolute Gasteiger partial charge is 0.229 e. The number of thiazole rings is 1. The number of hydrogen-bond donors (Lipinski definition) is 0. The number of fused-ring (bicyclic) bond motifs is 2. The van der Waals surface area contributed by atoms with E-state index in [1.165, 1.54) is 0 Å². The van der Waals surface area contributed by atoms with Crippen molar-refractivity contribution in [3.05, 3.63) is 53.0 Å². The highest BCUT2D eigenvalue weighted by atomic mass is 32.1. The number of rotatable bonds is 6. The molecule has 5 rings (SSSR count). The molecule has 7 nitrogen and oxygen atoms in total. The molecule has 1 saturated heterocycles. The van der Waals surface area contributed by atoms with Crippen LogP contribution in [-0.2, 0) is 16.0 Å². The van der Waals surface area contributed by atoms with Crippen LogP contribution in [0.4, 0.5) is 5.13 Å². The Bertz CT molecular complexity index is 1260. The summed E-state index contributed by atoms with van der Waals surface area (Å²) in [5.74, 6) is 0.0649. The van der Waals surface area contributed by atoms with Crippen LogP contribution in [0.1, 0.15) is 41.9 Å². The number of amides is 1. The molecule has 0 N–H and O–H groups in total. The van der Waals surface area contributed by atoms with E-state index in [-0.39, 0.29) is 12.0 Å². The molecule has 4 aromatic rings. The van der Waals surface area contributed by atoms with Crippen molar-refractivity contribution in [2.75, 3.05) is 18.1 Å². The maximum atomic E-state index is 13.5. The Morgan fingerprint density at radius 3 is 2.88 bits per heavy atom. The van der Waals surface area contributed by atoms with Crippen LogP contribution in [0.2, 0.25) is 0 Å². The first-order chi connectivity index (χ1) is 15.5. The predicted molar refractivity (Wildman–Crippen MR) is 126 cm³/mol. The van der Waals surface area contributed by atoms with Gasteiger partial charge in [0.2, 0.25) is 5.91 Å². The van der Waals surface area contributed by atoms with Gasteiger partial charge in [-0.3, -0.25) is 9.69 Å². The summed E-state index contributed by atoms with van der Waals surface area (Å²) in [4.78, 5) is 24.7. The van der Waals surface area contributed by atoms with E-state index < -0.39 is 0 Å². The Labute approximate surface area is 191 Å². The number of ether oxygens (including phenoxy) is 1. The standard InChI is InChI=1S/C24H27N5O2S/c1-15-13-22-25-16(2)19(17(3)29(22)27-15)10-11-23(30)28(14-18-7-6-12-31-18)24-26-20-8-4-5-9-21(20)32-24/h4-5,8-9,13,18H,6-7,10-12,14H2,1-3H3. The summed E-state index contributed by atoms with van der Waals surface area (Å²) in [6.07, 6.45) is 3.09. The fourth-order valence-corrected chi connectivity index (χ4v) is 5.42. The van der Waals surface area contributed by atoms with Crippen molar-refractivity contribution in [1.29, 1.82) is 0 Å². The number of anilines is 1. The van der Waals surface area contributed by atoms with Gasteiger partial charge in [-0.2, -0.15) is 5.10 Å². The lowest BCUT2D eigenvalue weighted by Gasteiger charge is -2.23. The monoisotopic (exact) mass is 449 g/mol. The summed E-state index contributed by atoms with van der Waals surface area (Å²) in [6.45, 7) is 7.33. The van der Waals surface area contributed by atoms with Gasteiger partial charge in [0.1, 0.15) is 0 Å². The van der Waals surface area contributed by atoms with Gasteiger partial charge in [-0.25, -0.2) is 14.5 Å². The number of carbonyl (C=O) groups excluding carboxylic acids is 1. The van der Waals surface area contributed by atoms with E-state index in [4.69, 9.17) is 14.7 Å². The van der Waals surface area contributed by atoms with E-state index in [1.54, 1.807) is 11.3 Å². The Hall–Kier alpha value is -2.84. The lowest BCUT2D eigenvalue weighted by atomic mass is 10.1. The third kappa shape index (κ3) is 4.00. The second kappa shape index (κ2) is 8.60. The predicted octanol–water partition coefficient (Wildman–Crippen LogP) is 4.41. The van der Waals surface area contributed by atoms with Crippen LogP contribution in [0.3, 0.4) is 0 Å². The number of carbonyl (C=O) groups is 1. The number of aryl methyl sites for hydroxylation is 3. The molecule has 1 aromatic carbocycles. The summed E-state index contributed by atoms with van der Waals surface area (Å²) >= 11 is 1.56. The molecule has 3 aromatic heterocycles. The lowest BCUT2D eigenvalue weighted by Crippen LogP contribution is -2.37. The Balaban J connectivity index is 1.40. The van der Waals surface area contributed by atoms with Crippen LogP contribution in [0.15, 0.2) is 30.3 Å². The van der Waals surface area contributed by atoms with Gasteiger partial charge in [0.15, 0.2) is 10.8 Å². The number of hydrogen-bond acceptors (Lipinski definition) is 6. The summed E-state index contributed by atoms with van der Waals surface area (Å²) in [7, 11) is 0. The van der Waals surface area contributed by atoms with Gasteiger partial charge < -0.3 is 4.74 Å². The van der Waals surface area contributed by atoms with Crippen LogP contribution >= 0.6 is 11.3 Å². The Kier molecular flexibility index (Phi) is 5.65. The molecule has 0 bridgehead atoms. The van der Waals surface area contributed by atoms with Crippen LogP contribution in [0, 0.1) is 20.8 Å². The zero-order valence-corrected chi connectivity index (χ0v) is 19.5. The lowest BCUT2D eigenvalue weighted by molar-refractivity contribution is -0.119. The molecule has 0 aliphatic carbocycles. The first-order valence-electron chi connectivity index (χ1n) is 11.1. The van der Waals surface area contributed by atoms with E-state index in [2.05, 4.69) is 5.10 Å². The van der Waals surface area contributed by atoms with E-state index in [0.717, 1.165) is 63.1 Å². The van der Waals surface area contributed by atoms with Gasteiger partial charge >= 0.3 is 0 Å². The quantitative estimate of drug-likeness (QED) is 0.436. The van der Waals surface area contributed by atoms with Crippen LogP contribution in [0.25, 0.3) is 15.9 Å². The molecule has 166 valence electrons. The van der Waals surface area contributed by atoms with Gasteiger partial charge in [0, 0.05) is 30.5 Å². The van der Waals surface area contributed by atoms with Crippen LogP contribution in [0.5, 0.6) is 0 Å². The first kappa shape index (κ1) is 21.0. The number of benzene rings is 1. The van der Waals surface area contributed by atoms with Crippen molar-refractivity contribution in [3.8, 4) is 0 Å². The molecular formula is C24H27N5O2S. The molecule has 1 unspecified atom stereocenters. The van der Waals surface area contributed by atoms with Gasteiger partial charge in [0.05, 0.1) is 28.6 Å². The highest BCUT2D eigenvalue weighted by Gasteiger charge is 2.26. The molecule has 1 amide bonds. The normalized spacial score (nSPS) is 16.3. The summed E-state index contributed by atoms with van der Waals surface area (Å²) in [5, 5.41) is 5.30. The van der Waals surface area contributed by atoms with Gasteiger partial charge in [-0.1, -0.05) is 23.5 Å². The number of aromatic nitrogens is 4. The molecule has 1 atom stereocenters. The summed E-state index contributed by atoms with van der Waals surface area (Å²) < 4.78 is 8.80. The van der Waals surface area contributed by atoms with Gasteiger partial charge in [0.25, 0.3) is 0 Å². The van der Waals surface area contributed by atoms with E-state index in [1.807, 2.05) is 60.5 Å². The molecular weight excluding hydrogens is 422 g/mol. The minimum atomic E-state index is 0.0649. The van der Waals surface area contributed by atoms with Gasteiger partial charge in [-0.15, -0.1) is 0 Å². The van der Waals surface area contributed by atoms with Crippen molar-refractivity contribution in [2.45, 2.75) is 52.6 Å².